The van der Waals surface area contributed by atoms with Crippen molar-refractivity contribution in [2.45, 2.75) is 39.0 Å². The summed E-state index contributed by atoms with van der Waals surface area (Å²) < 4.78 is 5.64. The van der Waals surface area contributed by atoms with Gasteiger partial charge < -0.3 is 4.42 Å². The maximum Gasteiger partial charge on any atom is 0.226 e. The number of rotatable bonds is 5. The van der Waals surface area contributed by atoms with E-state index in [1.54, 1.807) is 6.20 Å². The number of unbranched alkanes of at least 4 members (excludes halogenated alkanes) is 3. The summed E-state index contributed by atoms with van der Waals surface area (Å²) in [6.07, 6.45) is 7.91. The molecule has 0 N–H and O–H groups in total. The van der Waals surface area contributed by atoms with Gasteiger partial charge in [-0.15, -0.1) is 0 Å². The van der Waals surface area contributed by atoms with Crippen LogP contribution in [-0.4, -0.2) is 4.98 Å². The first kappa shape index (κ1) is 10.2. The number of fused-ring (bicyclic) bond motifs is 1. The van der Waals surface area contributed by atoms with Gasteiger partial charge in [0.05, 0.1) is 0 Å². The first-order valence-electron chi connectivity index (χ1n) is 5.73. The first-order valence-corrected chi connectivity index (χ1v) is 5.73. The summed E-state index contributed by atoms with van der Waals surface area (Å²) in [6, 6.07) is 6.09. The summed E-state index contributed by atoms with van der Waals surface area (Å²) in [7, 11) is 0. The fraction of sp³-hybridized carbons (Fsp3) is 0.462. The van der Waals surface area contributed by atoms with E-state index in [0.29, 0.717) is 0 Å². The van der Waals surface area contributed by atoms with E-state index in [9.17, 15) is 0 Å². The Kier molecular flexibility index (Phi) is 3.38. The first-order chi connectivity index (χ1) is 7.40. The molecule has 0 aliphatic heterocycles. The molecule has 2 heterocycles. The Bertz CT molecular complexity index is 386. The number of aromatic nitrogens is 1. The Hall–Kier alpha value is -1.31. The summed E-state index contributed by atoms with van der Waals surface area (Å²) in [5.41, 5.74) is 0.767. The van der Waals surface area contributed by atoms with Gasteiger partial charge in [-0.3, -0.25) is 0 Å². The third-order valence-electron chi connectivity index (χ3n) is 2.62. The standard InChI is InChI=1S/C13H17NO/c1-2-3-4-5-8-12-10-11-7-6-9-14-13(11)15-12/h6-7,9-10H,2-5,8H2,1H3. The summed E-state index contributed by atoms with van der Waals surface area (Å²) in [4.78, 5) is 4.18. The number of nitrogens with zero attached hydrogens (tertiary/aromatic N) is 1. The van der Waals surface area contributed by atoms with E-state index in [1.807, 2.05) is 12.1 Å². The minimum absolute atomic E-state index is 0.767. The molecule has 2 heteroatoms. The second-order valence-corrected chi connectivity index (χ2v) is 3.92. The van der Waals surface area contributed by atoms with Crippen molar-refractivity contribution in [3.05, 3.63) is 30.2 Å². The van der Waals surface area contributed by atoms with E-state index >= 15 is 0 Å². The average Bonchev–Trinajstić information content (AvgIpc) is 2.67. The van der Waals surface area contributed by atoms with Crippen molar-refractivity contribution in [2.75, 3.05) is 0 Å². The number of furan rings is 1. The van der Waals surface area contributed by atoms with E-state index in [0.717, 1.165) is 23.3 Å². The van der Waals surface area contributed by atoms with Gasteiger partial charge >= 0.3 is 0 Å². The summed E-state index contributed by atoms with van der Waals surface area (Å²) in [5.74, 6) is 1.07. The fourth-order valence-electron chi connectivity index (χ4n) is 1.77. The highest BCUT2D eigenvalue weighted by Crippen LogP contribution is 2.18. The van der Waals surface area contributed by atoms with Gasteiger partial charge in [-0.2, -0.15) is 0 Å². The lowest BCUT2D eigenvalue weighted by molar-refractivity contribution is 0.520. The molecule has 0 aromatic carbocycles. The lowest BCUT2D eigenvalue weighted by Gasteiger charge is -1.95. The largest absolute Gasteiger partial charge is 0.443 e. The molecule has 2 nitrogen and oxygen atoms in total. The molecule has 2 rings (SSSR count). The molecule has 0 saturated carbocycles. The second kappa shape index (κ2) is 4.96. The highest BCUT2D eigenvalue weighted by atomic mass is 16.3. The molecule has 2 aromatic heterocycles. The molecule has 0 bridgehead atoms. The van der Waals surface area contributed by atoms with E-state index in [1.165, 1.54) is 25.7 Å². The van der Waals surface area contributed by atoms with Gasteiger partial charge in [0, 0.05) is 18.0 Å². The summed E-state index contributed by atoms with van der Waals surface area (Å²) in [5, 5.41) is 1.11. The van der Waals surface area contributed by atoms with Crippen LogP contribution in [0.25, 0.3) is 11.1 Å². The minimum atomic E-state index is 0.767. The molecular weight excluding hydrogens is 186 g/mol. The van der Waals surface area contributed by atoms with Crippen LogP contribution in [0.4, 0.5) is 0 Å². The van der Waals surface area contributed by atoms with Gasteiger partial charge in [0.25, 0.3) is 0 Å². The van der Waals surface area contributed by atoms with E-state index in [4.69, 9.17) is 4.42 Å². The maximum absolute atomic E-state index is 5.64. The van der Waals surface area contributed by atoms with Crippen LogP contribution >= 0.6 is 0 Å². The van der Waals surface area contributed by atoms with Crippen molar-refractivity contribution in [3.63, 3.8) is 0 Å². The van der Waals surface area contributed by atoms with Crippen molar-refractivity contribution >= 4 is 11.1 Å². The SMILES string of the molecule is CCCCCCc1cc2cccnc2o1. The number of hydrogen-bond acceptors (Lipinski definition) is 2. The Balaban J connectivity index is 1.97. The van der Waals surface area contributed by atoms with E-state index < -0.39 is 0 Å². The quantitative estimate of drug-likeness (QED) is 0.688. The van der Waals surface area contributed by atoms with Crippen LogP contribution in [0.5, 0.6) is 0 Å². The maximum atomic E-state index is 5.64. The zero-order valence-corrected chi connectivity index (χ0v) is 9.20. The van der Waals surface area contributed by atoms with Crippen LogP contribution in [0.2, 0.25) is 0 Å². The smallest absolute Gasteiger partial charge is 0.226 e. The third kappa shape index (κ3) is 2.58. The molecule has 0 aliphatic carbocycles. The van der Waals surface area contributed by atoms with Crippen molar-refractivity contribution in [1.82, 2.24) is 4.98 Å². The van der Waals surface area contributed by atoms with Crippen LogP contribution in [-0.2, 0) is 6.42 Å². The Morgan fingerprint density at radius 2 is 2.20 bits per heavy atom. The minimum Gasteiger partial charge on any atom is -0.443 e. The van der Waals surface area contributed by atoms with Crippen LogP contribution in [0, 0.1) is 0 Å². The molecule has 0 saturated heterocycles. The van der Waals surface area contributed by atoms with E-state index in [2.05, 4.69) is 18.0 Å². The molecule has 80 valence electrons. The predicted octanol–water partition coefficient (Wildman–Crippen LogP) is 3.95. The highest BCUT2D eigenvalue weighted by molar-refractivity contribution is 5.73. The fourth-order valence-corrected chi connectivity index (χ4v) is 1.77. The zero-order chi connectivity index (χ0) is 10.5. The Morgan fingerprint density at radius 1 is 1.27 bits per heavy atom. The van der Waals surface area contributed by atoms with Gasteiger partial charge in [-0.1, -0.05) is 26.2 Å². The van der Waals surface area contributed by atoms with Gasteiger partial charge in [-0.25, -0.2) is 4.98 Å². The van der Waals surface area contributed by atoms with Crippen LogP contribution in [0.15, 0.2) is 28.8 Å². The molecule has 0 aliphatic rings. The predicted molar refractivity (Wildman–Crippen MR) is 61.9 cm³/mol. The van der Waals surface area contributed by atoms with E-state index in [-0.39, 0.29) is 0 Å². The normalized spacial score (nSPS) is 11.0. The van der Waals surface area contributed by atoms with Crippen LogP contribution < -0.4 is 0 Å². The van der Waals surface area contributed by atoms with Gasteiger partial charge in [0.1, 0.15) is 5.76 Å². The number of aryl methyl sites for hydroxylation is 1. The lowest BCUT2D eigenvalue weighted by Crippen LogP contribution is -1.81. The van der Waals surface area contributed by atoms with Crippen molar-refractivity contribution in [1.29, 1.82) is 0 Å². The number of hydrogen-bond donors (Lipinski definition) is 0. The summed E-state index contributed by atoms with van der Waals surface area (Å²) >= 11 is 0. The van der Waals surface area contributed by atoms with Crippen LogP contribution in [0.3, 0.4) is 0 Å². The third-order valence-corrected chi connectivity index (χ3v) is 2.62. The van der Waals surface area contributed by atoms with Crippen molar-refractivity contribution in [3.8, 4) is 0 Å². The highest BCUT2D eigenvalue weighted by Gasteiger charge is 2.02. The Labute approximate surface area is 90.3 Å². The lowest BCUT2D eigenvalue weighted by atomic mass is 10.1. The average molecular weight is 203 g/mol. The molecular formula is C13H17NO. The molecule has 0 radical (unpaired) electrons. The van der Waals surface area contributed by atoms with Crippen LogP contribution in [0.1, 0.15) is 38.4 Å². The topological polar surface area (TPSA) is 26.0 Å². The molecule has 0 unspecified atom stereocenters. The molecule has 0 amide bonds. The molecule has 15 heavy (non-hydrogen) atoms. The molecule has 0 spiro atoms. The molecule has 0 atom stereocenters. The van der Waals surface area contributed by atoms with Crippen molar-refractivity contribution < 1.29 is 4.42 Å². The van der Waals surface area contributed by atoms with Crippen molar-refractivity contribution in [2.24, 2.45) is 0 Å². The molecule has 0 fully saturated rings. The van der Waals surface area contributed by atoms with Gasteiger partial charge in [0.2, 0.25) is 5.71 Å². The Morgan fingerprint density at radius 3 is 3.00 bits per heavy atom. The summed E-state index contributed by atoms with van der Waals surface area (Å²) in [6.45, 7) is 2.23. The van der Waals surface area contributed by atoms with Gasteiger partial charge in [0.15, 0.2) is 0 Å². The zero-order valence-electron chi connectivity index (χ0n) is 9.20. The monoisotopic (exact) mass is 203 g/mol. The molecule has 2 aromatic rings. The second-order valence-electron chi connectivity index (χ2n) is 3.92. The van der Waals surface area contributed by atoms with Gasteiger partial charge in [-0.05, 0) is 24.6 Å². The number of pyridine rings is 1.